The van der Waals surface area contributed by atoms with Crippen LogP contribution in [0.5, 0.6) is 0 Å². The van der Waals surface area contributed by atoms with Gasteiger partial charge in [-0.1, -0.05) is 153 Å². The van der Waals surface area contributed by atoms with Crippen molar-refractivity contribution in [1.29, 1.82) is 0 Å². The van der Waals surface area contributed by atoms with Crippen molar-refractivity contribution in [1.82, 2.24) is 0 Å². The Morgan fingerprint density at radius 2 is 1.11 bits per heavy atom. The van der Waals surface area contributed by atoms with Crippen molar-refractivity contribution in [3.63, 3.8) is 0 Å². The zero-order valence-electron chi connectivity index (χ0n) is 29.6. The maximum atomic E-state index is 6.99. The number of benzene rings is 9. The van der Waals surface area contributed by atoms with Gasteiger partial charge in [0, 0.05) is 27.4 Å². The van der Waals surface area contributed by atoms with Crippen molar-refractivity contribution in [2.75, 3.05) is 4.90 Å². The monoisotopic (exact) mass is 677 g/mol. The highest BCUT2D eigenvalue weighted by molar-refractivity contribution is 6.23. The van der Waals surface area contributed by atoms with Crippen LogP contribution in [0.25, 0.3) is 76.5 Å². The predicted molar refractivity (Wildman–Crippen MR) is 224 cm³/mol. The van der Waals surface area contributed by atoms with E-state index in [0.717, 1.165) is 50.1 Å². The summed E-state index contributed by atoms with van der Waals surface area (Å²) in [5.41, 5.74) is 12.6. The minimum Gasteiger partial charge on any atom is -0.455 e. The SMILES string of the molecule is CC1(C)c2ccccc2-c2ccc(N(c3cc4ccccc4c4ccccc34)c3cccc4oc5c(-c6ccccc6)c6ccccc6cc5c34)cc21. The van der Waals surface area contributed by atoms with Gasteiger partial charge in [-0.2, -0.15) is 0 Å². The average molecular weight is 678 g/mol. The molecular formula is C51H35NO. The van der Waals surface area contributed by atoms with E-state index in [2.05, 4.69) is 195 Å². The van der Waals surface area contributed by atoms with Gasteiger partial charge >= 0.3 is 0 Å². The van der Waals surface area contributed by atoms with Gasteiger partial charge in [0.15, 0.2) is 0 Å². The van der Waals surface area contributed by atoms with Crippen LogP contribution in [0.3, 0.4) is 0 Å². The first-order valence-electron chi connectivity index (χ1n) is 18.4. The van der Waals surface area contributed by atoms with Crippen LogP contribution in [-0.4, -0.2) is 0 Å². The Kier molecular flexibility index (Phi) is 6.33. The quantitative estimate of drug-likeness (QED) is 0.172. The summed E-state index contributed by atoms with van der Waals surface area (Å²) < 4.78 is 6.99. The summed E-state index contributed by atoms with van der Waals surface area (Å²) in [6.45, 7) is 4.72. The third-order valence-corrected chi connectivity index (χ3v) is 11.6. The zero-order chi connectivity index (χ0) is 35.3. The van der Waals surface area contributed by atoms with E-state index in [0.29, 0.717) is 0 Å². The molecule has 1 heterocycles. The van der Waals surface area contributed by atoms with Crippen LogP contribution in [0.15, 0.2) is 180 Å². The molecule has 11 rings (SSSR count). The fourth-order valence-corrected chi connectivity index (χ4v) is 9.14. The predicted octanol–water partition coefficient (Wildman–Crippen LogP) is 14.5. The van der Waals surface area contributed by atoms with E-state index in [-0.39, 0.29) is 5.41 Å². The van der Waals surface area contributed by atoms with Gasteiger partial charge in [-0.15, -0.1) is 0 Å². The second-order valence-electron chi connectivity index (χ2n) is 14.9. The molecule has 0 atom stereocenters. The molecule has 10 aromatic rings. The summed E-state index contributed by atoms with van der Waals surface area (Å²) in [6, 6.07) is 64.1. The van der Waals surface area contributed by atoms with Gasteiger partial charge in [0.2, 0.25) is 0 Å². The van der Waals surface area contributed by atoms with E-state index in [9.17, 15) is 0 Å². The molecule has 0 saturated heterocycles. The average Bonchev–Trinajstić information content (AvgIpc) is 3.69. The number of hydrogen-bond donors (Lipinski definition) is 0. The molecule has 0 amide bonds. The van der Waals surface area contributed by atoms with E-state index < -0.39 is 0 Å². The van der Waals surface area contributed by atoms with Gasteiger partial charge in [-0.3, -0.25) is 0 Å². The van der Waals surface area contributed by atoms with Crippen molar-refractivity contribution < 1.29 is 4.42 Å². The van der Waals surface area contributed by atoms with Crippen LogP contribution in [0.2, 0.25) is 0 Å². The number of anilines is 3. The van der Waals surface area contributed by atoms with Crippen LogP contribution < -0.4 is 4.90 Å². The lowest BCUT2D eigenvalue weighted by Gasteiger charge is -2.30. The Morgan fingerprint density at radius 3 is 1.94 bits per heavy atom. The first-order chi connectivity index (χ1) is 26.1. The van der Waals surface area contributed by atoms with Crippen molar-refractivity contribution in [2.45, 2.75) is 19.3 Å². The highest BCUT2D eigenvalue weighted by Crippen LogP contribution is 2.53. The smallest absolute Gasteiger partial charge is 0.143 e. The Labute approximate surface area is 308 Å². The molecule has 0 fully saturated rings. The highest BCUT2D eigenvalue weighted by Gasteiger charge is 2.36. The van der Waals surface area contributed by atoms with Crippen LogP contribution in [-0.2, 0) is 5.41 Å². The normalized spacial score (nSPS) is 13.2. The Bertz CT molecular complexity index is 3090. The molecule has 9 aromatic carbocycles. The Morgan fingerprint density at radius 1 is 0.453 bits per heavy atom. The first-order valence-corrected chi connectivity index (χ1v) is 18.4. The molecule has 250 valence electrons. The van der Waals surface area contributed by atoms with Crippen LogP contribution in [0.4, 0.5) is 17.1 Å². The lowest BCUT2D eigenvalue weighted by molar-refractivity contribution is 0.660. The molecule has 0 N–H and O–H groups in total. The maximum absolute atomic E-state index is 6.99. The van der Waals surface area contributed by atoms with E-state index in [1.54, 1.807) is 0 Å². The molecule has 1 aromatic heterocycles. The van der Waals surface area contributed by atoms with Gasteiger partial charge < -0.3 is 9.32 Å². The van der Waals surface area contributed by atoms with Crippen molar-refractivity contribution in [3.05, 3.63) is 187 Å². The number of rotatable bonds is 4. The third-order valence-electron chi connectivity index (χ3n) is 11.6. The highest BCUT2D eigenvalue weighted by atomic mass is 16.3. The van der Waals surface area contributed by atoms with Crippen molar-refractivity contribution >= 4 is 71.3 Å². The number of nitrogens with zero attached hydrogens (tertiary/aromatic N) is 1. The topological polar surface area (TPSA) is 16.4 Å². The number of hydrogen-bond acceptors (Lipinski definition) is 2. The number of fused-ring (bicyclic) bond motifs is 10. The maximum Gasteiger partial charge on any atom is 0.143 e. The van der Waals surface area contributed by atoms with Gasteiger partial charge in [0.1, 0.15) is 11.2 Å². The van der Waals surface area contributed by atoms with E-state index in [4.69, 9.17) is 4.42 Å². The minimum atomic E-state index is -0.142. The van der Waals surface area contributed by atoms with E-state index >= 15 is 0 Å². The summed E-state index contributed by atoms with van der Waals surface area (Å²) in [4.78, 5) is 2.49. The van der Waals surface area contributed by atoms with Gasteiger partial charge in [0.05, 0.1) is 16.8 Å². The molecule has 0 unspecified atom stereocenters. The third kappa shape index (κ3) is 4.33. The molecule has 0 bridgehead atoms. The van der Waals surface area contributed by atoms with E-state index in [1.165, 1.54) is 54.6 Å². The lowest BCUT2D eigenvalue weighted by Crippen LogP contribution is -2.16. The molecule has 1 aliphatic rings. The zero-order valence-corrected chi connectivity index (χ0v) is 29.6. The summed E-state index contributed by atoms with van der Waals surface area (Å²) >= 11 is 0. The van der Waals surface area contributed by atoms with Crippen LogP contribution in [0, 0.1) is 0 Å². The molecular weight excluding hydrogens is 643 g/mol. The Balaban J connectivity index is 1.27. The molecule has 0 radical (unpaired) electrons. The van der Waals surface area contributed by atoms with Gasteiger partial charge in [0.25, 0.3) is 0 Å². The summed E-state index contributed by atoms with van der Waals surface area (Å²) in [6.07, 6.45) is 0. The summed E-state index contributed by atoms with van der Waals surface area (Å²) in [7, 11) is 0. The van der Waals surface area contributed by atoms with E-state index in [1.807, 2.05) is 0 Å². The second-order valence-corrected chi connectivity index (χ2v) is 14.9. The molecule has 2 nitrogen and oxygen atoms in total. The molecule has 0 spiro atoms. The van der Waals surface area contributed by atoms with Crippen molar-refractivity contribution in [2.24, 2.45) is 0 Å². The number of furan rings is 1. The Hall–Kier alpha value is -6.64. The van der Waals surface area contributed by atoms with Gasteiger partial charge in [-0.05, 0) is 91.1 Å². The molecule has 0 saturated carbocycles. The lowest BCUT2D eigenvalue weighted by atomic mass is 9.82. The summed E-state index contributed by atoms with van der Waals surface area (Å²) in [5, 5.41) is 9.49. The van der Waals surface area contributed by atoms with Gasteiger partial charge in [-0.25, -0.2) is 0 Å². The summed E-state index contributed by atoms with van der Waals surface area (Å²) in [5.74, 6) is 0. The first kappa shape index (κ1) is 30.0. The molecule has 2 heteroatoms. The standard InChI is InChI=1S/C51H35NO/c1-51(2)43-24-13-12-22-39(43)40-28-27-35(31-44(40)51)52(46-30-34-18-6-8-19-36(34)38-21-10-11-23-41(38)46)45-25-14-26-47-49(45)42-29-33-17-7-9-20-37(33)48(50(42)53-47)32-15-4-3-5-16-32/h3-31H,1-2H3. The van der Waals surface area contributed by atoms with Crippen molar-refractivity contribution in [3.8, 4) is 22.3 Å². The largest absolute Gasteiger partial charge is 0.455 e. The fraction of sp³-hybridized carbons (Fsp3) is 0.0588. The fourth-order valence-electron chi connectivity index (χ4n) is 9.14. The molecule has 0 aliphatic heterocycles. The van der Waals surface area contributed by atoms with Crippen LogP contribution in [0.1, 0.15) is 25.0 Å². The minimum absolute atomic E-state index is 0.142. The molecule has 53 heavy (non-hydrogen) atoms. The van der Waals surface area contributed by atoms with Crippen LogP contribution >= 0.6 is 0 Å². The second kappa shape index (κ2) is 11.2. The molecule has 1 aliphatic carbocycles.